The molecule has 0 aliphatic carbocycles. The molecule has 0 saturated heterocycles. The Bertz CT molecular complexity index is 363. The number of ketones is 1. The minimum Gasteiger partial charge on any atom is -0.496 e. The third-order valence-electron chi connectivity index (χ3n) is 1.94. The smallest absolute Gasteiger partial charge is 0.177 e. The summed E-state index contributed by atoms with van der Waals surface area (Å²) in [6, 6.07) is 3.42. The second-order valence-corrected chi connectivity index (χ2v) is 3.53. The monoisotopic (exact) mass is 257 g/mol. The molecule has 1 rings (SSSR count). The maximum Gasteiger partial charge on any atom is 0.177 e. The van der Waals surface area contributed by atoms with Crippen molar-refractivity contribution in [2.45, 2.75) is 6.92 Å². The Morgan fingerprint density at radius 1 is 1.57 bits per heavy atom. The molecule has 0 saturated carbocycles. The Morgan fingerprint density at radius 3 is 2.71 bits per heavy atom. The van der Waals surface area contributed by atoms with Crippen molar-refractivity contribution < 1.29 is 9.53 Å². The minimum absolute atomic E-state index is 0.000602. The van der Waals surface area contributed by atoms with Crippen molar-refractivity contribution in [1.82, 2.24) is 0 Å². The third-order valence-corrected chi connectivity index (χ3v) is 2.45. The van der Waals surface area contributed by atoms with Gasteiger partial charge in [-0.3, -0.25) is 4.79 Å². The first kappa shape index (κ1) is 11.0. The fraction of sp³-hybridized carbons (Fsp3) is 0.300. The molecule has 76 valence electrons. The number of nitrogen functional groups attached to an aromatic ring is 1. The zero-order valence-corrected chi connectivity index (χ0v) is 9.72. The van der Waals surface area contributed by atoms with Crippen LogP contribution in [-0.2, 0) is 0 Å². The standard InChI is InChI=1S/C10H12BrNO2/c1-6-3-7(12)4-9(14-2)10(6)8(13)5-11/h3-4H,5,12H2,1-2H3. The van der Waals surface area contributed by atoms with Crippen LogP contribution in [0, 0.1) is 6.92 Å². The van der Waals surface area contributed by atoms with Gasteiger partial charge >= 0.3 is 0 Å². The number of rotatable bonds is 3. The van der Waals surface area contributed by atoms with E-state index in [1.807, 2.05) is 6.92 Å². The van der Waals surface area contributed by atoms with Crippen molar-refractivity contribution >= 4 is 27.4 Å². The van der Waals surface area contributed by atoms with Gasteiger partial charge in [0, 0.05) is 11.8 Å². The quantitative estimate of drug-likeness (QED) is 0.513. The molecule has 0 fully saturated rings. The number of methoxy groups -OCH3 is 1. The van der Waals surface area contributed by atoms with Crippen LogP contribution in [0.15, 0.2) is 12.1 Å². The summed E-state index contributed by atoms with van der Waals surface area (Å²) < 4.78 is 5.11. The molecule has 0 aliphatic heterocycles. The van der Waals surface area contributed by atoms with Gasteiger partial charge in [0.2, 0.25) is 0 Å². The second kappa shape index (κ2) is 4.46. The van der Waals surface area contributed by atoms with Crippen LogP contribution < -0.4 is 10.5 Å². The SMILES string of the molecule is COc1cc(N)cc(C)c1C(=O)CBr. The zero-order chi connectivity index (χ0) is 10.7. The largest absolute Gasteiger partial charge is 0.496 e. The normalized spacial score (nSPS) is 9.93. The van der Waals surface area contributed by atoms with Crippen LogP contribution in [0.3, 0.4) is 0 Å². The van der Waals surface area contributed by atoms with E-state index >= 15 is 0 Å². The number of aryl methyl sites for hydroxylation is 1. The van der Waals surface area contributed by atoms with Crippen molar-refractivity contribution in [2.24, 2.45) is 0 Å². The number of carbonyl (C=O) groups is 1. The van der Waals surface area contributed by atoms with Crippen LogP contribution in [0.5, 0.6) is 5.75 Å². The summed E-state index contributed by atoms with van der Waals surface area (Å²) in [5, 5.41) is 0.286. The first-order chi connectivity index (χ1) is 6.60. The number of Topliss-reactive ketones (excluding diaryl/α,β-unsaturated/α-hetero) is 1. The minimum atomic E-state index is -0.000602. The Labute approximate surface area is 91.4 Å². The number of benzene rings is 1. The summed E-state index contributed by atoms with van der Waals surface area (Å²) in [5.74, 6) is 0.534. The number of anilines is 1. The molecule has 3 nitrogen and oxygen atoms in total. The van der Waals surface area contributed by atoms with E-state index in [-0.39, 0.29) is 11.1 Å². The molecule has 0 amide bonds. The van der Waals surface area contributed by atoms with E-state index in [2.05, 4.69) is 15.9 Å². The van der Waals surface area contributed by atoms with E-state index in [9.17, 15) is 4.79 Å². The van der Waals surface area contributed by atoms with Gasteiger partial charge in [-0.05, 0) is 18.6 Å². The molecule has 0 heterocycles. The molecule has 2 N–H and O–H groups in total. The number of hydrogen-bond acceptors (Lipinski definition) is 3. The van der Waals surface area contributed by atoms with Crippen molar-refractivity contribution in [3.05, 3.63) is 23.3 Å². The van der Waals surface area contributed by atoms with Crippen molar-refractivity contribution in [1.29, 1.82) is 0 Å². The van der Waals surface area contributed by atoms with Crippen LogP contribution in [0.2, 0.25) is 0 Å². The molecule has 0 radical (unpaired) electrons. The zero-order valence-electron chi connectivity index (χ0n) is 8.13. The van der Waals surface area contributed by atoms with Crippen LogP contribution in [0.1, 0.15) is 15.9 Å². The first-order valence-electron chi connectivity index (χ1n) is 4.13. The summed E-state index contributed by atoms with van der Waals surface area (Å²) in [7, 11) is 1.53. The van der Waals surface area contributed by atoms with Gasteiger partial charge in [0.05, 0.1) is 18.0 Å². The second-order valence-electron chi connectivity index (χ2n) is 2.97. The summed E-state index contributed by atoms with van der Waals surface area (Å²) in [4.78, 5) is 11.6. The highest BCUT2D eigenvalue weighted by atomic mass is 79.9. The van der Waals surface area contributed by atoms with Gasteiger partial charge in [-0.15, -0.1) is 0 Å². The number of halogens is 1. The lowest BCUT2D eigenvalue weighted by atomic mass is 10.0. The van der Waals surface area contributed by atoms with Gasteiger partial charge in [-0.1, -0.05) is 15.9 Å². The molecule has 0 aliphatic rings. The fourth-order valence-electron chi connectivity index (χ4n) is 1.37. The highest BCUT2D eigenvalue weighted by Crippen LogP contribution is 2.26. The van der Waals surface area contributed by atoms with E-state index < -0.39 is 0 Å². The number of carbonyl (C=O) groups excluding carboxylic acids is 1. The molecular formula is C10H12BrNO2. The lowest BCUT2D eigenvalue weighted by Crippen LogP contribution is -2.06. The molecule has 0 atom stereocenters. The number of ether oxygens (including phenoxy) is 1. The van der Waals surface area contributed by atoms with Crippen LogP contribution in [0.25, 0.3) is 0 Å². The summed E-state index contributed by atoms with van der Waals surface area (Å²) >= 11 is 3.13. The summed E-state index contributed by atoms with van der Waals surface area (Å²) in [6.45, 7) is 1.84. The molecule has 4 heteroatoms. The fourth-order valence-corrected chi connectivity index (χ4v) is 1.65. The maximum atomic E-state index is 11.6. The Morgan fingerprint density at radius 2 is 2.21 bits per heavy atom. The molecule has 1 aromatic rings. The van der Waals surface area contributed by atoms with Gasteiger partial charge < -0.3 is 10.5 Å². The van der Waals surface area contributed by atoms with Crippen molar-refractivity contribution in [3.8, 4) is 5.75 Å². The molecule has 0 aromatic heterocycles. The van der Waals surface area contributed by atoms with Gasteiger partial charge in [-0.2, -0.15) is 0 Å². The van der Waals surface area contributed by atoms with Gasteiger partial charge in [0.25, 0.3) is 0 Å². The first-order valence-corrected chi connectivity index (χ1v) is 5.25. The van der Waals surface area contributed by atoms with E-state index in [1.165, 1.54) is 7.11 Å². The number of nitrogens with two attached hydrogens (primary N) is 1. The average Bonchev–Trinajstić information content (AvgIpc) is 2.15. The van der Waals surface area contributed by atoms with Crippen molar-refractivity contribution in [2.75, 3.05) is 18.2 Å². The van der Waals surface area contributed by atoms with E-state index in [0.717, 1.165) is 5.56 Å². The van der Waals surface area contributed by atoms with E-state index in [4.69, 9.17) is 10.5 Å². The molecule has 1 aromatic carbocycles. The molecule has 14 heavy (non-hydrogen) atoms. The number of hydrogen-bond donors (Lipinski definition) is 1. The number of alkyl halides is 1. The molecular weight excluding hydrogens is 246 g/mol. The molecule has 0 unspecified atom stereocenters. The highest BCUT2D eigenvalue weighted by molar-refractivity contribution is 9.09. The Hall–Kier alpha value is -1.03. The van der Waals surface area contributed by atoms with Crippen molar-refractivity contribution in [3.63, 3.8) is 0 Å². The van der Waals surface area contributed by atoms with Gasteiger partial charge in [-0.25, -0.2) is 0 Å². The van der Waals surface area contributed by atoms with Gasteiger partial charge in [0.1, 0.15) is 5.75 Å². The third kappa shape index (κ3) is 2.07. The maximum absolute atomic E-state index is 11.6. The Kier molecular flexibility index (Phi) is 3.52. The van der Waals surface area contributed by atoms with Crippen LogP contribution >= 0.6 is 15.9 Å². The predicted octanol–water partition coefficient (Wildman–Crippen LogP) is 2.16. The topological polar surface area (TPSA) is 52.3 Å². The summed E-state index contributed by atoms with van der Waals surface area (Å²) in [5.41, 5.74) is 7.68. The van der Waals surface area contributed by atoms with E-state index in [1.54, 1.807) is 12.1 Å². The van der Waals surface area contributed by atoms with E-state index in [0.29, 0.717) is 17.0 Å². The average molecular weight is 258 g/mol. The van der Waals surface area contributed by atoms with Crippen LogP contribution in [0.4, 0.5) is 5.69 Å². The highest BCUT2D eigenvalue weighted by Gasteiger charge is 2.14. The van der Waals surface area contributed by atoms with Gasteiger partial charge in [0.15, 0.2) is 5.78 Å². The summed E-state index contributed by atoms with van der Waals surface area (Å²) in [6.07, 6.45) is 0. The Balaban J connectivity index is 3.32. The predicted molar refractivity (Wildman–Crippen MR) is 60.3 cm³/mol. The molecule has 0 bridgehead atoms. The lowest BCUT2D eigenvalue weighted by Gasteiger charge is -2.10. The lowest BCUT2D eigenvalue weighted by molar-refractivity contribution is 0.102. The van der Waals surface area contributed by atoms with Crippen LogP contribution in [-0.4, -0.2) is 18.2 Å². The molecule has 0 spiro atoms.